The van der Waals surface area contributed by atoms with Gasteiger partial charge >= 0.3 is 0 Å². The van der Waals surface area contributed by atoms with Crippen molar-refractivity contribution in [1.82, 2.24) is 8.96 Å². The number of carbonyl (C=O) groups excluding carboxylic acids is 1. The molecule has 0 aliphatic rings. The van der Waals surface area contributed by atoms with E-state index < -0.39 is 11.4 Å². The van der Waals surface area contributed by atoms with E-state index >= 15 is 0 Å². The highest BCUT2D eigenvalue weighted by molar-refractivity contribution is 7.92. The molecule has 0 aliphatic carbocycles. The lowest BCUT2D eigenvalue weighted by atomic mass is 10.1. The number of amides is 1. The first-order chi connectivity index (χ1) is 15.6. The minimum Gasteiger partial charge on any atom is -0.587 e. The zero-order valence-corrected chi connectivity index (χ0v) is 18.4. The van der Waals surface area contributed by atoms with Gasteiger partial charge in [-0.1, -0.05) is 29.5 Å². The number of thiophene rings is 1. The van der Waals surface area contributed by atoms with E-state index in [0.717, 1.165) is 25.7 Å². The van der Waals surface area contributed by atoms with Crippen LogP contribution in [-0.4, -0.2) is 19.4 Å². The molecule has 0 saturated carbocycles. The number of anilines is 2. The van der Waals surface area contributed by atoms with Crippen LogP contribution in [0.2, 0.25) is 0 Å². The topological polar surface area (TPSA) is 96.0 Å². The maximum absolute atomic E-state index is 13.2. The van der Waals surface area contributed by atoms with Crippen molar-refractivity contribution in [2.24, 2.45) is 0 Å². The molecule has 1 atom stereocenters. The van der Waals surface area contributed by atoms with Crippen molar-refractivity contribution in [3.8, 4) is 10.6 Å². The monoisotopic (exact) mass is 458 g/mol. The minimum absolute atomic E-state index is 0.253. The first-order valence-corrected chi connectivity index (χ1v) is 11.7. The van der Waals surface area contributed by atoms with Crippen LogP contribution in [0, 0.1) is 0 Å². The van der Waals surface area contributed by atoms with E-state index in [4.69, 9.17) is 5.73 Å². The van der Waals surface area contributed by atoms with Crippen molar-refractivity contribution in [3.05, 3.63) is 96.8 Å². The number of pyridine rings is 1. The normalized spacial score (nSPS) is 12.0. The molecule has 5 rings (SSSR count). The molecule has 6 nitrogen and oxygen atoms in total. The van der Waals surface area contributed by atoms with Crippen LogP contribution in [0.5, 0.6) is 0 Å². The smallest absolute Gasteiger partial charge is 0.255 e. The Kier molecular flexibility index (Phi) is 5.40. The van der Waals surface area contributed by atoms with Crippen LogP contribution in [0.25, 0.3) is 21.5 Å². The van der Waals surface area contributed by atoms with E-state index in [-0.39, 0.29) is 5.91 Å². The molecule has 0 aliphatic heterocycles. The predicted octanol–water partition coefficient (Wildman–Crippen LogP) is 5.17. The molecule has 0 saturated heterocycles. The molecule has 0 fully saturated rings. The summed E-state index contributed by atoms with van der Waals surface area (Å²) in [6.45, 7) is 0. The Balaban J connectivity index is 1.40. The van der Waals surface area contributed by atoms with Crippen LogP contribution >= 0.6 is 11.3 Å². The van der Waals surface area contributed by atoms with Gasteiger partial charge in [-0.15, -0.1) is 0 Å². The molecule has 0 spiro atoms. The highest BCUT2D eigenvalue weighted by atomic mass is 32.2. The van der Waals surface area contributed by atoms with Crippen LogP contribution < -0.4 is 11.1 Å². The third-order valence-corrected chi connectivity index (χ3v) is 7.71. The van der Waals surface area contributed by atoms with E-state index in [1.54, 1.807) is 40.6 Å². The van der Waals surface area contributed by atoms with Crippen LogP contribution in [-0.2, 0) is 11.4 Å². The third kappa shape index (κ3) is 3.87. The van der Waals surface area contributed by atoms with Gasteiger partial charge in [-0.2, -0.15) is 3.97 Å². The van der Waals surface area contributed by atoms with Crippen molar-refractivity contribution in [3.63, 3.8) is 0 Å². The summed E-state index contributed by atoms with van der Waals surface area (Å²) in [7, 11) is 0. The van der Waals surface area contributed by atoms with Gasteiger partial charge in [-0.05, 0) is 54.6 Å². The molecule has 1 amide bonds. The lowest BCUT2D eigenvalue weighted by Gasteiger charge is -2.10. The number of benzene rings is 2. The Morgan fingerprint density at radius 1 is 1.03 bits per heavy atom. The number of nitrogens with two attached hydrogens (primary N) is 1. The molecule has 0 radical (unpaired) electrons. The van der Waals surface area contributed by atoms with E-state index in [1.807, 2.05) is 54.6 Å². The second-order valence-electron chi connectivity index (χ2n) is 7.04. The van der Waals surface area contributed by atoms with Gasteiger partial charge in [0, 0.05) is 23.2 Å². The second-order valence-corrected chi connectivity index (χ2v) is 9.71. The Hall–Kier alpha value is -3.59. The number of carbonyl (C=O) groups is 1. The molecule has 3 N–H and O–H groups in total. The maximum atomic E-state index is 13.2. The number of hydrogen-bond acceptors (Lipinski definition) is 5. The fourth-order valence-electron chi connectivity index (χ4n) is 3.37. The molecule has 158 valence electrons. The molecular weight excluding hydrogens is 440 g/mol. The molecule has 3 aromatic heterocycles. The number of aromatic nitrogens is 2. The van der Waals surface area contributed by atoms with Crippen LogP contribution in [0.1, 0.15) is 10.4 Å². The molecule has 2 aromatic carbocycles. The summed E-state index contributed by atoms with van der Waals surface area (Å²) in [5.41, 5.74) is 9.12. The van der Waals surface area contributed by atoms with Gasteiger partial charge in [0.25, 0.3) is 5.91 Å². The van der Waals surface area contributed by atoms with Crippen molar-refractivity contribution in [2.45, 2.75) is 4.21 Å². The Labute approximate surface area is 191 Å². The van der Waals surface area contributed by atoms with E-state index in [0.29, 0.717) is 16.9 Å². The number of rotatable bonds is 5. The van der Waals surface area contributed by atoms with Gasteiger partial charge in [0.15, 0.2) is 0 Å². The molecule has 3 heterocycles. The molecule has 32 heavy (non-hydrogen) atoms. The van der Waals surface area contributed by atoms with Crippen molar-refractivity contribution in [2.75, 3.05) is 11.1 Å². The molecular formula is C24H18N4O2S2. The standard InChI is InChI=1S/C24H18N4O2S2/c25-18-5-1-2-6-19(18)27-24(29)17-8-9-21-16(15-17)12-14-28(21)32(30)23-11-10-22(31-23)20-7-3-4-13-26-20/h1-15H,25H2,(H,27,29). The zero-order valence-electron chi connectivity index (χ0n) is 16.8. The lowest BCUT2D eigenvalue weighted by molar-refractivity contribution is 0.102. The lowest BCUT2D eigenvalue weighted by Crippen LogP contribution is -2.13. The highest BCUT2D eigenvalue weighted by Crippen LogP contribution is 2.32. The summed E-state index contributed by atoms with van der Waals surface area (Å²) in [6, 6.07) is 23.8. The minimum atomic E-state index is -1.40. The summed E-state index contributed by atoms with van der Waals surface area (Å²) in [5, 5.41) is 3.66. The van der Waals surface area contributed by atoms with Crippen LogP contribution in [0.4, 0.5) is 11.4 Å². The molecule has 5 aromatic rings. The first-order valence-electron chi connectivity index (χ1n) is 9.80. The van der Waals surface area contributed by atoms with Crippen molar-refractivity contribution in [1.29, 1.82) is 0 Å². The fraction of sp³-hybridized carbons (Fsp3) is 0. The van der Waals surface area contributed by atoms with Gasteiger partial charge in [-0.3, -0.25) is 9.78 Å². The first kappa shape index (κ1) is 20.3. The fourth-order valence-corrected chi connectivity index (χ4v) is 5.77. The third-order valence-electron chi connectivity index (χ3n) is 4.98. The number of nitrogens with one attached hydrogen (secondary N) is 1. The zero-order chi connectivity index (χ0) is 22.1. The van der Waals surface area contributed by atoms with Gasteiger partial charge in [0.05, 0.1) is 33.7 Å². The average molecular weight is 459 g/mol. The summed E-state index contributed by atoms with van der Waals surface area (Å²) in [6.07, 6.45) is 3.52. The largest absolute Gasteiger partial charge is 0.587 e. The van der Waals surface area contributed by atoms with Gasteiger partial charge < -0.3 is 15.6 Å². The van der Waals surface area contributed by atoms with E-state index in [2.05, 4.69) is 10.3 Å². The summed E-state index contributed by atoms with van der Waals surface area (Å²) >= 11 is 0.0473. The van der Waals surface area contributed by atoms with Gasteiger partial charge in [-0.25, -0.2) is 0 Å². The SMILES string of the molecule is Nc1ccccc1NC(=O)c1ccc2c(ccn2[S+]([O-])c2ccc(-c3ccccn3)s2)c1. The average Bonchev–Trinajstić information content (AvgIpc) is 3.48. The number of nitrogens with zero attached hydrogens (tertiary/aromatic N) is 2. The quantitative estimate of drug-likeness (QED) is 0.280. The van der Waals surface area contributed by atoms with Gasteiger partial charge in [0.2, 0.25) is 4.21 Å². The second kappa shape index (κ2) is 8.51. The number of fused-ring (bicyclic) bond motifs is 1. The summed E-state index contributed by atoms with van der Waals surface area (Å²) in [5.74, 6) is -0.253. The summed E-state index contributed by atoms with van der Waals surface area (Å²) in [4.78, 5) is 18.0. The van der Waals surface area contributed by atoms with Crippen molar-refractivity contribution < 1.29 is 9.35 Å². The van der Waals surface area contributed by atoms with E-state index in [9.17, 15) is 9.35 Å². The Bertz CT molecular complexity index is 1410. The van der Waals surface area contributed by atoms with Crippen molar-refractivity contribution >= 4 is 50.9 Å². The number of nitrogen functional groups attached to an aromatic ring is 1. The van der Waals surface area contributed by atoms with Crippen LogP contribution in [0.15, 0.2) is 95.5 Å². The van der Waals surface area contributed by atoms with E-state index in [1.165, 1.54) is 11.3 Å². The van der Waals surface area contributed by atoms with Crippen LogP contribution in [0.3, 0.4) is 0 Å². The Morgan fingerprint density at radius 3 is 2.69 bits per heavy atom. The molecule has 0 bridgehead atoms. The molecule has 1 unspecified atom stereocenters. The highest BCUT2D eigenvalue weighted by Gasteiger charge is 2.21. The number of para-hydroxylation sites is 2. The molecule has 8 heteroatoms. The van der Waals surface area contributed by atoms with Gasteiger partial charge in [0.1, 0.15) is 11.4 Å². The summed E-state index contributed by atoms with van der Waals surface area (Å²) < 4.78 is 15.7. The maximum Gasteiger partial charge on any atom is 0.255 e. The predicted molar refractivity (Wildman–Crippen MR) is 130 cm³/mol. The number of hydrogen-bond donors (Lipinski definition) is 2. The Morgan fingerprint density at radius 2 is 1.88 bits per heavy atom.